The Kier molecular flexibility index (Phi) is 8.02. The number of benzene rings is 1. The fourth-order valence-electron chi connectivity index (χ4n) is 3.64. The number of anilines is 1. The highest BCUT2D eigenvalue weighted by Gasteiger charge is 2.35. The number of halogens is 4. The highest BCUT2D eigenvalue weighted by atomic mass is 127. The average molecular weight is 497 g/mol. The molecule has 0 radical (unpaired) electrons. The van der Waals surface area contributed by atoms with Crippen LogP contribution < -0.4 is 10.2 Å². The molecule has 1 atom stereocenters. The maximum Gasteiger partial charge on any atom is 0.401 e. The molecular formula is C18H27F3IN5. The fraction of sp³-hybridized carbons (Fsp3) is 0.611. The van der Waals surface area contributed by atoms with Crippen LogP contribution in [-0.2, 0) is 0 Å². The van der Waals surface area contributed by atoms with Crippen LogP contribution in [-0.4, -0.2) is 80.8 Å². The van der Waals surface area contributed by atoms with Crippen LogP contribution in [0.15, 0.2) is 35.3 Å². The largest absolute Gasteiger partial charge is 0.401 e. The summed E-state index contributed by atoms with van der Waals surface area (Å²) in [5, 5.41) is 3.35. The van der Waals surface area contributed by atoms with Gasteiger partial charge >= 0.3 is 6.18 Å². The number of para-hydroxylation sites is 1. The third-order valence-corrected chi connectivity index (χ3v) is 4.92. The van der Waals surface area contributed by atoms with Crippen molar-refractivity contribution in [3.8, 4) is 0 Å². The molecular weight excluding hydrogens is 470 g/mol. The second kappa shape index (κ2) is 9.81. The number of piperazine rings is 1. The van der Waals surface area contributed by atoms with Gasteiger partial charge in [-0.2, -0.15) is 13.2 Å². The van der Waals surface area contributed by atoms with Crippen LogP contribution in [0.4, 0.5) is 18.9 Å². The third kappa shape index (κ3) is 6.41. The summed E-state index contributed by atoms with van der Waals surface area (Å²) in [7, 11) is 1.73. The Morgan fingerprint density at radius 2 is 1.78 bits per heavy atom. The molecule has 27 heavy (non-hydrogen) atoms. The molecule has 9 heteroatoms. The van der Waals surface area contributed by atoms with Crippen molar-refractivity contribution in [3.63, 3.8) is 0 Å². The molecule has 3 rings (SSSR count). The van der Waals surface area contributed by atoms with E-state index in [0.29, 0.717) is 19.5 Å². The van der Waals surface area contributed by atoms with Gasteiger partial charge in [0.1, 0.15) is 0 Å². The van der Waals surface area contributed by atoms with Crippen molar-refractivity contribution < 1.29 is 13.2 Å². The van der Waals surface area contributed by atoms with E-state index in [-0.39, 0.29) is 30.0 Å². The van der Waals surface area contributed by atoms with Gasteiger partial charge in [-0.05, 0) is 18.6 Å². The lowest BCUT2D eigenvalue weighted by molar-refractivity contribution is -0.143. The van der Waals surface area contributed by atoms with E-state index in [0.717, 1.165) is 32.1 Å². The quantitative estimate of drug-likeness (QED) is 0.396. The summed E-state index contributed by atoms with van der Waals surface area (Å²) < 4.78 is 37.6. The molecule has 0 aliphatic carbocycles. The lowest BCUT2D eigenvalue weighted by Gasteiger charge is -2.38. The standard InChI is InChI=1S/C18H26F3N5.HI/c1-22-17(23-15-7-8-24(13-15)14-18(19,20)21)26-11-9-25(10-12-26)16-5-3-2-4-6-16;/h2-6,15H,7-14H2,1H3,(H,22,23);1H. The van der Waals surface area contributed by atoms with E-state index >= 15 is 0 Å². The van der Waals surface area contributed by atoms with Crippen LogP contribution >= 0.6 is 24.0 Å². The molecule has 0 bridgehead atoms. The number of nitrogens with zero attached hydrogens (tertiary/aromatic N) is 4. The maximum absolute atomic E-state index is 12.5. The second-order valence-corrected chi connectivity index (χ2v) is 6.84. The monoisotopic (exact) mass is 497 g/mol. The zero-order valence-corrected chi connectivity index (χ0v) is 17.8. The van der Waals surface area contributed by atoms with E-state index < -0.39 is 12.7 Å². The van der Waals surface area contributed by atoms with Gasteiger partial charge in [0.25, 0.3) is 0 Å². The van der Waals surface area contributed by atoms with Crippen LogP contribution in [0.3, 0.4) is 0 Å². The Hall–Kier alpha value is -1.23. The van der Waals surface area contributed by atoms with Crippen molar-refractivity contribution in [2.45, 2.75) is 18.6 Å². The van der Waals surface area contributed by atoms with Crippen molar-refractivity contribution in [1.29, 1.82) is 0 Å². The molecule has 2 saturated heterocycles. The molecule has 2 aliphatic heterocycles. The van der Waals surface area contributed by atoms with Crippen molar-refractivity contribution in [1.82, 2.24) is 15.1 Å². The second-order valence-electron chi connectivity index (χ2n) is 6.84. The first kappa shape index (κ1) is 22.1. The van der Waals surface area contributed by atoms with Gasteiger partial charge in [-0.1, -0.05) is 18.2 Å². The van der Waals surface area contributed by atoms with Crippen molar-refractivity contribution in [2.75, 3.05) is 57.8 Å². The van der Waals surface area contributed by atoms with Gasteiger partial charge in [0.2, 0.25) is 0 Å². The van der Waals surface area contributed by atoms with E-state index in [1.165, 1.54) is 10.6 Å². The van der Waals surface area contributed by atoms with Gasteiger partial charge in [-0.3, -0.25) is 9.89 Å². The summed E-state index contributed by atoms with van der Waals surface area (Å²) in [6.45, 7) is 3.52. The molecule has 1 aromatic rings. The number of rotatable bonds is 3. The van der Waals surface area contributed by atoms with Crippen LogP contribution in [0.2, 0.25) is 0 Å². The van der Waals surface area contributed by atoms with Gasteiger partial charge in [-0.25, -0.2) is 0 Å². The topological polar surface area (TPSA) is 34.1 Å². The minimum atomic E-state index is -4.13. The maximum atomic E-state index is 12.5. The van der Waals surface area contributed by atoms with Crippen molar-refractivity contribution in [2.24, 2.45) is 4.99 Å². The Morgan fingerprint density at radius 1 is 1.11 bits per heavy atom. The summed E-state index contributed by atoms with van der Waals surface area (Å²) in [5.41, 5.74) is 1.22. The van der Waals surface area contributed by atoms with Gasteiger partial charge in [0.15, 0.2) is 5.96 Å². The summed E-state index contributed by atoms with van der Waals surface area (Å²) in [6.07, 6.45) is -3.43. The minimum Gasteiger partial charge on any atom is -0.368 e. The summed E-state index contributed by atoms with van der Waals surface area (Å²) in [5.74, 6) is 0.788. The van der Waals surface area contributed by atoms with Crippen molar-refractivity contribution >= 4 is 35.6 Å². The zero-order chi connectivity index (χ0) is 18.6. The number of aliphatic imine (C=N–C) groups is 1. The van der Waals surface area contributed by atoms with Crippen LogP contribution in [0.5, 0.6) is 0 Å². The first-order chi connectivity index (χ1) is 12.4. The van der Waals surface area contributed by atoms with Gasteiger partial charge < -0.3 is 15.1 Å². The van der Waals surface area contributed by atoms with E-state index in [9.17, 15) is 13.2 Å². The molecule has 0 amide bonds. The SMILES string of the molecule is CN=C(NC1CCN(CC(F)(F)F)C1)N1CCN(c2ccccc2)CC1.I. The van der Waals surface area contributed by atoms with Gasteiger partial charge in [-0.15, -0.1) is 24.0 Å². The Bertz CT molecular complexity index is 603. The molecule has 152 valence electrons. The molecule has 1 N–H and O–H groups in total. The average Bonchev–Trinajstić information content (AvgIpc) is 3.06. The fourth-order valence-corrected chi connectivity index (χ4v) is 3.64. The molecule has 0 aromatic heterocycles. The van der Waals surface area contributed by atoms with E-state index in [1.807, 2.05) is 18.2 Å². The summed E-state index contributed by atoms with van der Waals surface area (Å²) in [6, 6.07) is 10.3. The lowest BCUT2D eigenvalue weighted by atomic mass is 10.2. The molecule has 2 heterocycles. The molecule has 0 saturated carbocycles. The van der Waals surface area contributed by atoms with Crippen molar-refractivity contribution in [3.05, 3.63) is 30.3 Å². The van der Waals surface area contributed by atoms with Crippen LogP contribution in [0.1, 0.15) is 6.42 Å². The lowest BCUT2D eigenvalue weighted by Crippen LogP contribution is -2.54. The summed E-state index contributed by atoms with van der Waals surface area (Å²) >= 11 is 0. The number of hydrogen-bond acceptors (Lipinski definition) is 3. The highest BCUT2D eigenvalue weighted by molar-refractivity contribution is 14.0. The van der Waals surface area contributed by atoms with E-state index in [1.54, 1.807) is 7.05 Å². The number of guanidine groups is 1. The highest BCUT2D eigenvalue weighted by Crippen LogP contribution is 2.20. The molecule has 2 fully saturated rings. The Balaban J connectivity index is 0.00000261. The zero-order valence-electron chi connectivity index (χ0n) is 15.5. The molecule has 0 spiro atoms. The van der Waals surface area contributed by atoms with E-state index in [2.05, 4.69) is 32.2 Å². The normalized spacial score (nSPS) is 21.9. The predicted molar refractivity (Wildman–Crippen MR) is 113 cm³/mol. The molecule has 1 aromatic carbocycles. The van der Waals surface area contributed by atoms with Crippen LogP contribution in [0, 0.1) is 0 Å². The molecule has 1 unspecified atom stereocenters. The third-order valence-electron chi connectivity index (χ3n) is 4.92. The number of likely N-dealkylation sites (tertiary alicyclic amines) is 1. The molecule has 5 nitrogen and oxygen atoms in total. The first-order valence-corrected chi connectivity index (χ1v) is 9.02. The number of alkyl halides is 3. The predicted octanol–water partition coefficient (Wildman–Crippen LogP) is 2.64. The van der Waals surface area contributed by atoms with Gasteiger partial charge in [0, 0.05) is 58.0 Å². The van der Waals surface area contributed by atoms with Crippen LogP contribution in [0.25, 0.3) is 0 Å². The smallest absolute Gasteiger partial charge is 0.368 e. The number of hydrogen-bond donors (Lipinski definition) is 1. The molecule has 2 aliphatic rings. The van der Waals surface area contributed by atoms with Gasteiger partial charge in [0.05, 0.1) is 6.54 Å². The summed E-state index contributed by atoms with van der Waals surface area (Å²) in [4.78, 5) is 10.3. The Morgan fingerprint density at radius 3 is 2.37 bits per heavy atom. The Labute approximate surface area is 175 Å². The first-order valence-electron chi connectivity index (χ1n) is 9.02. The minimum absolute atomic E-state index is 0. The van der Waals surface area contributed by atoms with E-state index in [4.69, 9.17) is 0 Å². The number of nitrogens with one attached hydrogen (secondary N) is 1.